The van der Waals surface area contributed by atoms with Crippen LogP contribution in [0.15, 0.2) is 30.5 Å². The van der Waals surface area contributed by atoms with Crippen molar-refractivity contribution in [2.45, 2.75) is 19.5 Å². The van der Waals surface area contributed by atoms with Crippen molar-refractivity contribution in [2.75, 3.05) is 31.1 Å². The van der Waals surface area contributed by atoms with Gasteiger partial charge in [0.25, 0.3) is 0 Å². The smallest absolute Gasteiger partial charge is 0.233 e. The van der Waals surface area contributed by atoms with Gasteiger partial charge in [0.15, 0.2) is 0 Å². The van der Waals surface area contributed by atoms with Gasteiger partial charge in [-0.2, -0.15) is 0 Å². The van der Waals surface area contributed by atoms with Gasteiger partial charge in [-0.3, -0.25) is 14.7 Å². The van der Waals surface area contributed by atoms with E-state index < -0.39 is 6.17 Å². The van der Waals surface area contributed by atoms with E-state index in [9.17, 15) is 13.6 Å². The number of pyridine rings is 1. The molecule has 0 bridgehead atoms. The summed E-state index contributed by atoms with van der Waals surface area (Å²) in [6.07, 6.45) is 1.29. The second-order valence-corrected chi connectivity index (χ2v) is 6.73. The predicted molar refractivity (Wildman–Crippen MR) is 91.8 cm³/mol. The quantitative estimate of drug-likeness (QED) is 0.856. The van der Waals surface area contributed by atoms with E-state index in [1.54, 1.807) is 17.2 Å². The van der Waals surface area contributed by atoms with Gasteiger partial charge in [-0.15, -0.1) is 0 Å². The summed E-state index contributed by atoms with van der Waals surface area (Å²) in [7, 11) is 0. The monoisotopic (exact) mass is 343 g/mol. The second-order valence-electron chi connectivity index (χ2n) is 6.73. The molecule has 0 radical (unpaired) electrons. The van der Waals surface area contributed by atoms with E-state index in [0.29, 0.717) is 32.6 Å². The van der Waals surface area contributed by atoms with Crippen molar-refractivity contribution in [2.24, 2.45) is 0 Å². The number of aryl methyl sites for hydroxylation is 1. The Balaban J connectivity index is 1.59. The lowest BCUT2D eigenvalue weighted by Gasteiger charge is -2.35. The SMILES string of the molecule is Cc1cc(F)ccc1-c1cnc2c(c1)N(CCN1CC(F)C1)C(=O)C2. The van der Waals surface area contributed by atoms with E-state index in [-0.39, 0.29) is 11.7 Å². The third-order valence-electron chi connectivity index (χ3n) is 4.91. The van der Waals surface area contributed by atoms with Crippen LogP contribution in [0.25, 0.3) is 11.1 Å². The van der Waals surface area contributed by atoms with E-state index in [1.807, 2.05) is 17.9 Å². The molecule has 6 heteroatoms. The van der Waals surface area contributed by atoms with Crippen LogP contribution in [0.2, 0.25) is 0 Å². The average Bonchev–Trinajstić information content (AvgIpc) is 2.85. The fourth-order valence-electron chi connectivity index (χ4n) is 3.50. The summed E-state index contributed by atoms with van der Waals surface area (Å²) in [5, 5.41) is 0. The number of alkyl halides is 1. The number of fused-ring (bicyclic) bond motifs is 1. The first-order valence-corrected chi connectivity index (χ1v) is 8.43. The standard InChI is InChI=1S/C19H19F2N3O/c1-12-6-14(20)2-3-16(12)13-7-18-17(22-9-13)8-19(25)24(18)5-4-23-10-15(21)11-23/h2-3,6-7,9,15H,4-5,8,10-11H2,1H3. The maximum atomic E-state index is 13.3. The van der Waals surface area contributed by atoms with Gasteiger partial charge in [-0.25, -0.2) is 8.78 Å². The average molecular weight is 343 g/mol. The summed E-state index contributed by atoms with van der Waals surface area (Å²) in [5.41, 5.74) is 4.17. The van der Waals surface area contributed by atoms with Gasteiger partial charge in [-0.1, -0.05) is 6.07 Å². The number of carbonyl (C=O) groups is 1. The van der Waals surface area contributed by atoms with Gasteiger partial charge in [0, 0.05) is 37.9 Å². The van der Waals surface area contributed by atoms with Crippen molar-refractivity contribution >= 4 is 11.6 Å². The van der Waals surface area contributed by atoms with Crippen LogP contribution < -0.4 is 4.90 Å². The summed E-state index contributed by atoms with van der Waals surface area (Å²) in [4.78, 5) is 20.5. The van der Waals surface area contributed by atoms with Crippen LogP contribution in [0.3, 0.4) is 0 Å². The lowest BCUT2D eigenvalue weighted by Crippen LogP contribution is -2.51. The molecule has 0 saturated carbocycles. The first kappa shape index (κ1) is 16.1. The summed E-state index contributed by atoms with van der Waals surface area (Å²) in [5.74, 6) is -0.249. The highest BCUT2D eigenvalue weighted by atomic mass is 19.1. The number of carbonyl (C=O) groups excluding carboxylic acids is 1. The maximum absolute atomic E-state index is 13.3. The zero-order valence-corrected chi connectivity index (χ0v) is 14.0. The van der Waals surface area contributed by atoms with Crippen molar-refractivity contribution in [3.8, 4) is 11.1 Å². The number of aromatic nitrogens is 1. The number of likely N-dealkylation sites (tertiary alicyclic amines) is 1. The lowest BCUT2D eigenvalue weighted by atomic mass is 10.0. The third kappa shape index (κ3) is 3.02. The Morgan fingerprint density at radius 3 is 2.76 bits per heavy atom. The van der Waals surface area contributed by atoms with Gasteiger partial charge in [0.1, 0.15) is 12.0 Å². The summed E-state index contributed by atoms with van der Waals surface area (Å²) in [6, 6.07) is 6.59. The third-order valence-corrected chi connectivity index (χ3v) is 4.91. The van der Waals surface area contributed by atoms with E-state index >= 15 is 0 Å². The molecule has 0 atom stereocenters. The summed E-state index contributed by atoms with van der Waals surface area (Å²) >= 11 is 0. The minimum absolute atomic E-state index is 0.0211. The van der Waals surface area contributed by atoms with Gasteiger partial charge < -0.3 is 4.90 Å². The number of nitrogens with zero attached hydrogens (tertiary/aromatic N) is 3. The lowest BCUT2D eigenvalue weighted by molar-refractivity contribution is -0.117. The molecule has 0 aliphatic carbocycles. The van der Waals surface area contributed by atoms with Crippen LogP contribution in [0.5, 0.6) is 0 Å². The number of halogens is 2. The Morgan fingerprint density at radius 1 is 1.24 bits per heavy atom. The molecule has 2 aliphatic rings. The fraction of sp³-hybridized carbons (Fsp3) is 0.368. The molecular formula is C19H19F2N3O. The predicted octanol–water partition coefficient (Wildman–Crippen LogP) is 2.74. The van der Waals surface area contributed by atoms with Gasteiger partial charge in [0.05, 0.1) is 17.8 Å². The molecule has 0 unspecified atom stereocenters. The summed E-state index contributed by atoms with van der Waals surface area (Å²) in [6.45, 7) is 3.94. The number of benzene rings is 1. The van der Waals surface area contributed by atoms with Crippen LogP contribution >= 0.6 is 0 Å². The van der Waals surface area contributed by atoms with Gasteiger partial charge >= 0.3 is 0 Å². The Bertz CT molecular complexity index is 833. The maximum Gasteiger partial charge on any atom is 0.233 e. The molecule has 130 valence electrons. The van der Waals surface area contributed by atoms with Crippen molar-refractivity contribution in [3.05, 3.63) is 47.5 Å². The normalized spacial score (nSPS) is 17.7. The molecule has 1 aromatic heterocycles. The molecule has 1 saturated heterocycles. The molecule has 0 N–H and O–H groups in total. The Morgan fingerprint density at radius 2 is 2.04 bits per heavy atom. The molecule has 4 rings (SSSR count). The molecule has 2 aromatic rings. The number of rotatable bonds is 4. The highest BCUT2D eigenvalue weighted by Crippen LogP contribution is 2.33. The molecule has 1 aromatic carbocycles. The molecule has 1 amide bonds. The number of amides is 1. The molecule has 0 spiro atoms. The minimum Gasteiger partial charge on any atom is -0.309 e. The molecule has 4 nitrogen and oxygen atoms in total. The van der Waals surface area contributed by atoms with Crippen LogP contribution in [0, 0.1) is 12.7 Å². The van der Waals surface area contributed by atoms with Gasteiger partial charge in [-0.05, 0) is 36.2 Å². The number of anilines is 1. The molecule has 1 fully saturated rings. The fourth-order valence-corrected chi connectivity index (χ4v) is 3.50. The molecular weight excluding hydrogens is 324 g/mol. The molecule has 2 aliphatic heterocycles. The van der Waals surface area contributed by atoms with E-state index in [2.05, 4.69) is 4.98 Å². The zero-order valence-electron chi connectivity index (χ0n) is 14.0. The number of hydrogen-bond donors (Lipinski definition) is 0. The largest absolute Gasteiger partial charge is 0.309 e. The van der Waals surface area contributed by atoms with Crippen molar-refractivity contribution < 1.29 is 13.6 Å². The van der Waals surface area contributed by atoms with Crippen LogP contribution in [0.1, 0.15) is 11.3 Å². The van der Waals surface area contributed by atoms with E-state index in [4.69, 9.17) is 0 Å². The zero-order chi connectivity index (χ0) is 17.6. The first-order valence-electron chi connectivity index (χ1n) is 8.43. The van der Waals surface area contributed by atoms with Crippen LogP contribution in [0.4, 0.5) is 14.5 Å². The summed E-state index contributed by atoms with van der Waals surface area (Å²) < 4.78 is 26.3. The van der Waals surface area contributed by atoms with Crippen molar-refractivity contribution in [1.82, 2.24) is 9.88 Å². The van der Waals surface area contributed by atoms with Crippen LogP contribution in [-0.4, -0.2) is 48.1 Å². The molecule has 25 heavy (non-hydrogen) atoms. The van der Waals surface area contributed by atoms with Crippen LogP contribution in [-0.2, 0) is 11.2 Å². The minimum atomic E-state index is -0.740. The van der Waals surface area contributed by atoms with E-state index in [0.717, 1.165) is 28.1 Å². The second kappa shape index (κ2) is 6.19. The Kier molecular flexibility index (Phi) is 4.00. The Hall–Kier alpha value is -2.34. The Labute approximate surface area is 145 Å². The molecule has 3 heterocycles. The first-order chi connectivity index (χ1) is 12.0. The van der Waals surface area contributed by atoms with E-state index in [1.165, 1.54) is 12.1 Å². The van der Waals surface area contributed by atoms with Crippen molar-refractivity contribution in [1.29, 1.82) is 0 Å². The topological polar surface area (TPSA) is 36.4 Å². The van der Waals surface area contributed by atoms with Crippen molar-refractivity contribution in [3.63, 3.8) is 0 Å². The number of hydrogen-bond acceptors (Lipinski definition) is 3. The highest BCUT2D eigenvalue weighted by molar-refractivity contribution is 6.01. The van der Waals surface area contributed by atoms with Gasteiger partial charge in [0.2, 0.25) is 5.91 Å². The highest BCUT2D eigenvalue weighted by Gasteiger charge is 2.31.